The standard InChI is InChI=1S/C16H15ClSi/c1-18(2,17)16-8-7-14-9-12-5-3-4-6-13(12)10-15(14)11-16/h3-11H,1-2H3. The van der Waals surface area contributed by atoms with Crippen molar-refractivity contribution in [2.24, 2.45) is 0 Å². The molecule has 0 aliphatic carbocycles. The van der Waals surface area contributed by atoms with Gasteiger partial charge >= 0.3 is 0 Å². The zero-order valence-electron chi connectivity index (χ0n) is 10.6. The summed E-state index contributed by atoms with van der Waals surface area (Å²) in [5.74, 6) is 0. The van der Waals surface area contributed by atoms with E-state index in [2.05, 4.69) is 67.7 Å². The molecule has 0 atom stereocenters. The van der Waals surface area contributed by atoms with Crippen LogP contribution < -0.4 is 5.19 Å². The fourth-order valence-corrected chi connectivity index (χ4v) is 3.64. The average Bonchev–Trinajstić information content (AvgIpc) is 2.34. The Balaban J connectivity index is 2.31. The monoisotopic (exact) mass is 270 g/mol. The van der Waals surface area contributed by atoms with E-state index in [0.29, 0.717) is 0 Å². The Labute approximate surface area is 113 Å². The highest BCUT2D eigenvalue weighted by Gasteiger charge is 2.19. The number of fused-ring (bicyclic) bond motifs is 2. The second kappa shape index (κ2) is 4.11. The van der Waals surface area contributed by atoms with Crippen LogP contribution in [0.4, 0.5) is 0 Å². The predicted molar refractivity (Wildman–Crippen MR) is 84.4 cm³/mol. The molecule has 0 radical (unpaired) electrons. The van der Waals surface area contributed by atoms with Crippen LogP contribution in [0.3, 0.4) is 0 Å². The van der Waals surface area contributed by atoms with E-state index < -0.39 is 7.38 Å². The molecule has 0 unspecified atom stereocenters. The minimum Gasteiger partial charge on any atom is -0.162 e. The van der Waals surface area contributed by atoms with Crippen LogP contribution in [0.2, 0.25) is 13.1 Å². The summed E-state index contributed by atoms with van der Waals surface area (Å²) in [6.07, 6.45) is 0. The van der Waals surface area contributed by atoms with Crippen molar-refractivity contribution in [3.05, 3.63) is 54.6 Å². The van der Waals surface area contributed by atoms with Crippen LogP contribution in [0.5, 0.6) is 0 Å². The fraction of sp³-hybridized carbons (Fsp3) is 0.125. The molecule has 3 aromatic rings. The zero-order chi connectivity index (χ0) is 12.8. The summed E-state index contributed by atoms with van der Waals surface area (Å²) in [4.78, 5) is 0. The number of hydrogen-bond acceptors (Lipinski definition) is 0. The van der Waals surface area contributed by atoms with Crippen molar-refractivity contribution >= 4 is 45.2 Å². The van der Waals surface area contributed by atoms with E-state index in [0.717, 1.165) is 0 Å². The van der Waals surface area contributed by atoms with Gasteiger partial charge in [-0.2, -0.15) is 11.1 Å². The molecule has 0 spiro atoms. The summed E-state index contributed by atoms with van der Waals surface area (Å²) in [5, 5.41) is 6.45. The molecule has 0 N–H and O–H groups in total. The van der Waals surface area contributed by atoms with Crippen molar-refractivity contribution in [1.29, 1.82) is 0 Å². The Kier molecular flexibility index (Phi) is 2.69. The summed E-state index contributed by atoms with van der Waals surface area (Å²) < 4.78 is 0. The summed E-state index contributed by atoms with van der Waals surface area (Å²) in [6.45, 7) is 4.33. The highest BCUT2D eigenvalue weighted by atomic mass is 35.6. The van der Waals surface area contributed by atoms with Crippen LogP contribution >= 0.6 is 11.1 Å². The van der Waals surface area contributed by atoms with Crippen LogP contribution in [0.15, 0.2) is 54.6 Å². The third kappa shape index (κ3) is 2.04. The van der Waals surface area contributed by atoms with Crippen molar-refractivity contribution in [2.75, 3.05) is 0 Å². The molecule has 3 rings (SSSR count). The van der Waals surface area contributed by atoms with Crippen molar-refractivity contribution in [1.82, 2.24) is 0 Å². The number of hydrogen-bond donors (Lipinski definition) is 0. The molecule has 0 saturated carbocycles. The van der Waals surface area contributed by atoms with Crippen LogP contribution in [-0.4, -0.2) is 7.38 Å². The molecule has 0 bridgehead atoms. The maximum atomic E-state index is 6.52. The lowest BCUT2D eigenvalue weighted by Gasteiger charge is -2.14. The maximum absolute atomic E-state index is 6.52. The Hall–Kier alpha value is -1.31. The third-order valence-corrected chi connectivity index (χ3v) is 5.73. The van der Waals surface area contributed by atoms with E-state index in [9.17, 15) is 0 Å². The first-order valence-electron chi connectivity index (χ1n) is 6.16. The van der Waals surface area contributed by atoms with E-state index in [4.69, 9.17) is 11.1 Å². The molecule has 3 aromatic carbocycles. The van der Waals surface area contributed by atoms with Gasteiger partial charge in [-0.3, -0.25) is 0 Å². The number of benzene rings is 3. The number of rotatable bonds is 1. The molecule has 0 aliphatic rings. The van der Waals surface area contributed by atoms with E-state index in [1.807, 2.05) is 0 Å². The summed E-state index contributed by atoms with van der Waals surface area (Å²) >= 11 is 6.52. The second-order valence-corrected chi connectivity index (χ2v) is 11.6. The summed E-state index contributed by atoms with van der Waals surface area (Å²) in [5.41, 5.74) is 0. The topological polar surface area (TPSA) is 0 Å². The van der Waals surface area contributed by atoms with E-state index in [-0.39, 0.29) is 0 Å². The van der Waals surface area contributed by atoms with Crippen molar-refractivity contribution in [3.8, 4) is 0 Å². The summed E-state index contributed by atoms with van der Waals surface area (Å²) in [7, 11) is -1.75. The van der Waals surface area contributed by atoms with Crippen LogP contribution in [0, 0.1) is 0 Å². The van der Waals surface area contributed by atoms with Gasteiger partial charge in [0.1, 0.15) is 0 Å². The van der Waals surface area contributed by atoms with Gasteiger partial charge < -0.3 is 0 Å². The Morgan fingerprint density at radius 3 is 1.89 bits per heavy atom. The van der Waals surface area contributed by atoms with E-state index in [1.54, 1.807) is 0 Å². The molecule has 18 heavy (non-hydrogen) atoms. The molecular weight excluding hydrogens is 256 g/mol. The van der Waals surface area contributed by atoms with Gasteiger partial charge in [0.15, 0.2) is 7.38 Å². The van der Waals surface area contributed by atoms with Crippen LogP contribution in [-0.2, 0) is 0 Å². The molecule has 0 nitrogen and oxygen atoms in total. The molecule has 90 valence electrons. The first-order chi connectivity index (χ1) is 8.54. The Bertz CT molecular complexity index is 726. The Morgan fingerprint density at radius 1 is 0.722 bits per heavy atom. The predicted octanol–water partition coefficient (Wildman–Crippen LogP) is 4.64. The molecule has 0 aliphatic heterocycles. The van der Waals surface area contributed by atoms with Gasteiger partial charge in [0.25, 0.3) is 0 Å². The first-order valence-corrected chi connectivity index (χ1v) is 10.2. The molecular formula is C16H15ClSi. The molecule has 0 amide bonds. The molecule has 0 heterocycles. The van der Waals surface area contributed by atoms with Gasteiger partial charge in [0.2, 0.25) is 0 Å². The van der Waals surface area contributed by atoms with E-state index >= 15 is 0 Å². The Morgan fingerprint density at radius 2 is 1.28 bits per heavy atom. The minimum absolute atomic E-state index is 1.28. The van der Waals surface area contributed by atoms with Gasteiger partial charge in [-0.15, -0.1) is 0 Å². The van der Waals surface area contributed by atoms with Gasteiger partial charge in [0.05, 0.1) is 0 Å². The molecule has 0 fully saturated rings. The fourth-order valence-electron chi connectivity index (χ4n) is 2.31. The molecule has 2 heteroatoms. The highest BCUT2D eigenvalue weighted by molar-refractivity contribution is 7.26. The molecule has 0 saturated heterocycles. The van der Waals surface area contributed by atoms with Crippen molar-refractivity contribution in [2.45, 2.75) is 13.1 Å². The minimum atomic E-state index is -1.75. The third-order valence-electron chi connectivity index (χ3n) is 3.39. The van der Waals surface area contributed by atoms with Crippen LogP contribution in [0.1, 0.15) is 0 Å². The van der Waals surface area contributed by atoms with Crippen molar-refractivity contribution in [3.63, 3.8) is 0 Å². The summed E-state index contributed by atoms with van der Waals surface area (Å²) in [6, 6.07) is 19.6. The lowest BCUT2D eigenvalue weighted by atomic mass is 10.0. The molecule has 0 aromatic heterocycles. The van der Waals surface area contributed by atoms with Gasteiger partial charge in [-0.1, -0.05) is 55.6 Å². The SMILES string of the molecule is C[Si](C)(Cl)c1ccc2cc3ccccc3cc2c1. The smallest absolute Gasteiger partial charge is 0.162 e. The number of halogens is 1. The average molecular weight is 271 g/mol. The quantitative estimate of drug-likeness (QED) is 0.343. The van der Waals surface area contributed by atoms with Gasteiger partial charge in [-0.05, 0) is 38.9 Å². The second-order valence-electron chi connectivity index (χ2n) is 5.23. The first kappa shape index (κ1) is 11.8. The lowest BCUT2D eigenvalue weighted by molar-refractivity contribution is 1.77. The van der Waals surface area contributed by atoms with Crippen molar-refractivity contribution < 1.29 is 0 Å². The zero-order valence-corrected chi connectivity index (χ0v) is 12.3. The maximum Gasteiger partial charge on any atom is 0.180 e. The van der Waals surface area contributed by atoms with Gasteiger partial charge in [-0.25, -0.2) is 0 Å². The largest absolute Gasteiger partial charge is 0.180 e. The van der Waals surface area contributed by atoms with E-state index in [1.165, 1.54) is 26.7 Å². The highest BCUT2D eigenvalue weighted by Crippen LogP contribution is 2.23. The normalized spacial score (nSPS) is 12.2. The van der Waals surface area contributed by atoms with Crippen LogP contribution in [0.25, 0.3) is 21.5 Å². The lowest BCUT2D eigenvalue weighted by Crippen LogP contribution is -2.34. The van der Waals surface area contributed by atoms with Gasteiger partial charge in [0, 0.05) is 0 Å².